The van der Waals surface area contributed by atoms with Gasteiger partial charge in [-0.3, -0.25) is 15.0 Å². The summed E-state index contributed by atoms with van der Waals surface area (Å²) in [5.41, 5.74) is -0.460. The Morgan fingerprint density at radius 2 is 2.03 bits per heavy atom. The minimum absolute atomic E-state index is 0.0216. The monoisotopic (exact) mass is 459 g/mol. The molecule has 5 unspecified atom stereocenters. The molecular weight excluding hydrogens is 426 g/mol. The maximum Gasteiger partial charge on any atom is 0.322 e. The number of carbonyl (C=O) groups is 2. The molecule has 4 fully saturated rings. The minimum Gasteiger partial charge on any atom is -0.359 e. The molecule has 0 aromatic carbocycles. The van der Waals surface area contributed by atoms with Crippen molar-refractivity contribution in [2.24, 2.45) is 0 Å². The fraction of sp³-hybridized carbons (Fsp3) is 0.895. The lowest BCUT2D eigenvalue weighted by molar-refractivity contribution is -0.120. The molecule has 2 saturated carbocycles. The Morgan fingerprint density at radius 1 is 1.30 bits per heavy atom. The summed E-state index contributed by atoms with van der Waals surface area (Å²) in [6.07, 6.45) is 4.73. The third-order valence-corrected chi connectivity index (χ3v) is 10.5. The lowest BCUT2D eigenvalue weighted by Gasteiger charge is -2.37. The second-order valence-corrected chi connectivity index (χ2v) is 12.7. The molecule has 0 aromatic rings. The number of hydrogen-bond donors (Lipinski definition) is 3. The van der Waals surface area contributed by atoms with Crippen molar-refractivity contribution in [3.05, 3.63) is 0 Å². The van der Waals surface area contributed by atoms with Crippen LogP contribution in [0.2, 0.25) is 0 Å². The predicted molar refractivity (Wildman–Crippen MR) is 116 cm³/mol. The average Bonchev–Trinajstić information content (AvgIpc) is 3.14. The highest BCUT2D eigenvalue weighted by molar-refractivity contribution is 8.00. The van der Waals surface area contributed by atoms with Gasteiger partial charge in [0.2, 0.25) is 15.9 Å². The molecule has 30 heavy (non-hydrogen) atoms. The van der Waals surface area contributed by atoms with Crippen LogP contribution < -0.4 is 15.4 Å². The van der Waals surface area contributed by atoms with Gasteiger partial charge in [-0.05, 0) is 45.4 Å². The molecule has 9 nitrogen and oxygen atoms in total. The van der Waals surface area contributed by atoms with E-state index in [4.69, 9.17) is 0 Å². The Bertz CT molecular complexity index is 803. The van der Waals surface area contributed by atoms with Crippen molar-refractivity contribution in [1.29, 1.82) is 0 Å². The summed E-state index contributed by atoms with van der Waals surface area (Å²) in [7, 11) is 0.0463. The number of nitrogens with zero attached hydrogens (tertiary/aromatic N) is 2. The van der Waals surface area contributed by atoms with E-state index in [2.05, 4.69) is 15.4 Å². The van der Waals surface area contributed by atoms with Gasteiger partial charge in [-0.15, -0.1) is 11.8 Å². The van der Waals surface area contributed by atoms with Crippen LogP contribution in [-0.2, 0) is 14.8 Å². The van der Waals surface area contributed by atoms with Crippen molar-refractivity contribution in [3.63, 3.8) is 0 Å². The van der Waals surface area contributed by atoms with Gasteiger partial charge >= 0.3 is 6.03 Å². The molecule has 4 rings (SSSR count). The summed E-state index contributed by atoms with van der Waals surface area (Å²) in [5.74, 6) is 0.0216. The van der Waals surface area contributed by atoms with Crippen LogP contribution in [0.4, 0.5) is 4.79 Å². The van der Waals surface area contributed by atoms with E-state index < -0.39 is 15.3 Å². The third-order valence-electron chi connectivity index (χ3n) is 7.00. The van der Waals surface area contributed by atoms with Gasteiger partial charge in [-0.1, -0.05) is 0 Å². The SMILES string of the molecule is CNC(=O)CCC1CNC(N2C(=O)N(C)C3CCC(S(=O)(=O)NC4(C)CC4)CC32)S1. The molecule has 2 aliphatic carbocycles. The number of urea groups is 1. The summed E-state index contributed by atoms with van der Waals surface area (Å²) < 4.78 is 28.8. The summed E-state index contributed by atoms with van der Waals surface area (Å²) in [6, 6.07) is -0.109. The number of amides is 3. The Labute approximate surface area is 183 Å². The van der Waals surface area contributed by atoms with E-state index in [-0.39, 0.29) is 40.3 Å². The normalized spacial score (nSPS) is 35.4. The van der Waals surface area contributed by atoms with Gasteiger partial charge in [-0.2, -0.15) is 0 Å². The number of likely N-dealkylation sites (N-methyl/N-ethyl adjacent to an activating group) is 1. The standard InChI is InChI=1S/C19H33N5O4S2/c1-19(8-9-19)22-30(27,28)13-5-6-14-15(10-13)24(18(26)23(14)3)17-21-11-12(29-17)4-7-16(25)20-2/h12-15,17,21-22H,4-11H2,1-3H3,(H,20,25). The lowest BCUT2D eigenvalue weighted by atomic mass is 9.90. The summed E-state index contributed by atoms with van der Waals surface area (Å²) in [4.78, 5) is 28.2. The molecule has 4 aliphatic rings. The number of fused-ring (bicyclic) bond motifs is 1. The van der Waals surface area contributed by atoms with E-state index in [1.54, 1.807) is 23.7 Å². The van der Waals surface area contributed by atoms with Crippen LogP contribution >= 0.6 is 11.8 Å². The van der Waals surface area contributed by atoms with Gasteiger partial charge in [-0.25, -0.2) is 17.9 Å². The van der Waals surface area contributed by atoms with Crippen LogP contribution in [-0.4, -0.2) is 84.4 Å². The van der Waals surface area contributed by atoms with Crippen molar-refractivity contribution >= 4 is 33.7 Å². The van der Waals surface area contributed by atoms with Crippen LogP contribution in [0.1, 0.15) is 51.9 Å². The van der Waals surface area contributed by atoms with Gasteiger partial charge in [0, 0.05) is 37.8 Å². The Kier molecular flexibility index (Phi) is 6.02. The molecule has 3 N–H and O–H groups in total. The van der Waals surface area contributed by atoms with Gasteiger partial charge in [0.15, 0.2) is 0 Å². The summed E-state index contributed by atoms with van der Waals surface area (Å²) >= 11 is 1.67. The lowest BCUT2D eigenvalue weighted by Crippen LogP contribution is -2.52. The zero-order valence-corrected chi connectivity index (χ0v) is 19.5. The first-order valence-electron chi connectivity index (χ1n) is 10.8. The zero-order valence-electron chi connectivity index (χ0n) is 17.9. The highest BCUT2D eigenvalue weighted by Gasteiger charge is 2.53. The maximum absolute atomic E-state index is 13.0. The van der Waals surface area contributed by atoms with E-state index in [9.17, 15) is 18.0 Å². The molecule has 2 heterocycles. The number of carbonyl (C=O) groups excluding carboxylic acids is 2. The largest absolute Gasteiger partial charge is 0.359 e. The zero-order chi connectivity index (χ0) is 21.7. The molecule has 0 bridgehead atoms. The molecule has 2 aliphatic heterocycles. The van der Waals surface area contributed by atoms with Crippen molar-refractivity contribution in [2.75, 3.05) is 20.6 Å². The highest BCUT2D eigenvalue weighted by Crippen LogP contribution is 2.42. The molecule has 5 atom stereocenters. The number of nitrogens with one attached hydrogen (secondary N) is 3. The van der Waals surface area contributed by atoms with Gasteiger partial charge in [0.25, 0.3) is 0 Å². The van der Waals surface area contributed by atoms with Gasteiger partial charge in [0.1, 0.15) is 5.50 Å². The molecule has 3 amide bonds. The molecule has 2 saturated heterocycles. The van der Waals surface area contributed by atoms with E-state index in [0.717, 1.165) is 25.8 Å². The Morgan fingerprint density at radius 3 is 2.70 bits per heavy atom. The molecule has 11 heteroatoms. The van der Waals surface area contributed by atoms with E-state index in [1.165, 1.54) is 0 Å². The van der Waals surface area contributed by atoms with Crippen LogP contribution in [0.3, 0.4) is 0 Å². The van der Waals surface area contributed by atoms with Crippen molar-refractivity contribution < 1.29 is 18.0 Å². The molecule has 170 valence electrons. The van der Waals surface area contributed by atoms with Crippen molar-refractivity contribution in [3.8, 4) is 0 Å². The van der Waals surface area contributed by atoms with Gasteiger partial charge in [0.05, 0.1) is 17.3 Å². The first kappa shape index (κ1) is 22.2. The number of sulfonamides is 1. The van der Waals surface area contributed by atoms with Gasteiger partial charge < -0.3 is 10.2 Å². The van der Waals surface area contributed by atoms with Crippen molar-refractivity contribution in [1.82, 2.24) is 25.2 Å². The van der Waals surface area contributed by atoms with Crippen molar-refractivity contribution in [2.45, 2.75) is 85.5 Å². The summed E-state index contributed by atoms with van der Waals surface area (Å²) in [5, 5.41) is 5.85. The van der Waals surface area contributed by atoms with Crippen LogP contribution in [0.25, 0.3) is 0 Å². The smallest absolute Gasteiger partial charge is 0.322 e. The fourth-order valence-corrected chi connectivity index (χ4v) is 8.18. The fourth-order valence-electron chi connectivity index (χ4n) is 4.84. The quantitative estimate of drug-likeness (QED) is 0.515. The minimum atomic E-state index is -3.41. The van der Waals surface area contributed by atoms with Crippen LogP contribution in [0, 0.1) is 0 Å². The Balaban J connectivity index is 1.43. The molecule has 0 spiro atoms. The summed E-state index contributed by atoms with van der Waals surface area (Å²) in [6.45, 7) is 2.69. The number of rotatable bonds is 7. The second kappa shape index (κ2) is 8.14. The maximum atomic E-state index is 13.0. The number of hydrogen-bond acceptors (Lipinski definition) is 6. The van der Waals surface area contributed by atoms with E-state index in [1.807, 2.05) is 18.9 Å². The Hall–Kier alpha value is -1.04. The van der Waals surface area contributed by atoms with E-state index >= 15 is 0 Å². The van der Waals surface area contributed by atoms with Crippen LogP contribution in [0.15, 0.2) is 0 Å². The second-order valence-electron chi connectivity index (χ2n) is 9.31. The molecule has 0 radical (unpaired) electrons. The number of thioether (sulfide) groups is 1. The third kappa shape index (κ3) is 4.31. The first-order chi connectivity index (χ1) is 14.1. The highest BCUT2D eigenvalue weighted by atomic mass is 32.2. The molecular formula is C19H33N5O4S2. The first-order valence-corrected chi connectivity index (χ1v) is 13.3. The van der Waals surface area contributed by atoms with E-state index in [0.29, 0.717) is 25.7 Å². The average molecular weight is 460 g/mol. The molecule has 0 aromatic heterocycles. The predicted octanol–water partition coefficient (Wildman–Crippen LogP) is 0.630. The van der Waals surface area contributed by atoms with Crippen LogP contribution in [0.5, 0.6) is 0 Å². The topological polar surface area (TPSA) is 111 Å².